The molecule has 4 nitrogen and oxygen atoms in total. The van der Waals surface area contributed by atoms with Crippen LogP contribution in [0.3, 0.4) is 0 Å². The van der Waals surface area contributed by atoms with E-state index in [0.29, 0.717) is 16.5 Å². The molecule has 0 radical (unpaired) electrons. The van der Waals surface area contributed by atoms with Gasteiger partial charge in [-0.25, -0.2) is 17.9 Å². The maximum absolute atomic E-state index is 13.7. The lowest BCUT2D eigenvalue weighted by Crippen LogP contribution is -1.95. The molecule has 0 spiro atoms. The minimum Gasteiger partial charge on any atom is -0.206 e. The third kappa shape index (κ3) is 2.90. The third-order valence-electron chi connectivity index (χ3n) is 2.58. The zero-order chi connectivity index (χ0) is 15.6. The van der Waals surface area contributed by atoms with Crippen molar-refractivity contribution in [1.82, 2.24) is 20.0 Å². The highest BCUT2D eigenvalue weighted by atomic mass is 32.1. The summed E-state index contributed by atoms with van der Waals surface area (Å²) in [6.07, 6.45) is -1.33. The van der Waals surface area contributed by atoms with Gasteiger partial charge in [-0.2, -0.15) is 5.10 Å². The molecule has 0 saturated heterocycles. The molecular formula is C13H13F3N4S. The van der Waals surface area contributed by atoms with Crippen molar-refractivity contribution in [3.8, 4) is 5.13 Å². The van der Waals surface area contributed by atoms with E-state index in [1.54, 1.807) is 13.0 Å². The van der Waals surface area contributed by atoms with Crippen molar-refractivity contribution in [1.29, 1.82) is 0 Å². The van der Waals surface area contributed by atoms with Crippen molar-refractivity contribution in [2.24, 2.45) is 0 Å². The highest BCUT2D eigenvalue weighted by Gasteiger charge is 2.17. The minimum atomic E-state index is -2.67. The molecule has 112 valence electrons. The Morgan fingerprint density at radius 2 is 1.90 bits per heavy atom. The number of aromatic nitrogens is 4. The SMILES string of the molecule is CC.Cc1cc(F)c2cnn(-c3nnc(C(F)F)s3)c2c1. The Kier molecular flexibility index (Phi) is 4.56. The van der Waals surface area contributed by atoms with E-state index < -0.39 is 12.2 Å². The zero-order valence-electron chi connectivity index (χ0n) is 11.6. The summed E-state index contributed by atoms with van der Waals surface area (Å²) in [5.74, 6) is -0.403. The van der Waals surface area contributed by atoms with Gasteiger partial charge in [0, 0.05) is 0 Å². The van der Waals surface area contributed by atoms with Crippen LogP contribution in [0.15, 0.2) is 18.3 Å². The highest BCUT2D eigenvalue weighted by molar-refractivity contribution is 7.13. The lowest BCUT2D eigenvalue weighted by atomic mass is 10.2. The average molecular weight is 314 g/mol. The second-order valence-corrected chi connectivity index (χ2v) is 4.95. The molecule has 0 amide bonds. The third-order valence-corrected chi connectivity index (χ3v) is 3.49. The van der Waals surface area contributed by atoms with Gasteiger partial charge in [0.25, 0.3) is 6.43 Å². The maximum atomic E-state index is 13.7. The summed E-state index contributed by atoms with van der Waals surface area (Å²) in [5, 5.41) is 11.1. The summed E-state index contributed by atoms with van der Waals surface area (Å²) in [6.45, 7) is 5.74. The molecular weight excluding hydrogens is 301 g/mol. The fourth-order valence-corrected chi connectivity index (χ4v) is 2.44. The van der Waals surface area contributed by atoms with E-state index in [0.717, 1.165) is 11.3 Å². The molecule has 3 aromatic rings. The van der Waals surface area contributed by atoms with Gasteiger partial charge in [-0.1, -0.05) is 25.2 Å². The van der Waals surface area contributed by atoms with Crippen molar-refractivity contribution in [3.05, 3.63) is 34.7 Å². The van der Waals surface area contributed by atoms with Crippen molar-refractivity contribution >= 4 is 22.2 Å². The number of hydrogen-bond acceptors (Lipinski definition) is 4. The Hall–Kier alpha value is -1.96. The Balaban J connectivity index is 0.000000774. The van der Waals surface area contributed by atoms with E-state index in [9.17, 15) is 13.2 Å². The number of halogens is 3. The molecule has 0 aliphatic rings. The second kappa shape index (κ2) is 6.21. The van der Waals surface area contributed by atoms with Crippen LogP contribution in [0, 0.1) is 12.7 Å². The van der Waals surface area contributed by atoms with Gasteiger partial charge in [0.05, 0.1) is 17.1 Å². The quantitative estimate of drug-likeness (QED) is 0.709. The molecule has 0 fully saturated rings. The minimum absolute atomic E-state index is 0.190. The summed E-state index contributed by atoms with van der Waals surface area (Å²) < 4.78 is 40.0. The Morgan fingerprint density at radius 1 is 1.19 bits per heavy atom. The number of benzene rings is 1. The molecule has 0 aliphatic heterocycles. The average Bonchev–Trinajstić information content (AvgIpc) is 3.06. The molecule has 21 heavy (non-hydrogen) atoms. The van der Waals surface area contributed by atoms with E-state index >= 15 is 0 Å². The fourth-order valence-electron chi connectivity index (χ4n) is 1.77. The standard InChI is InChI=1S/C11H7F3N4S.C2H6/c1-5-2-7(12)6-4-15-18(8(6)3-5)11-17-16-10(19-11)9(13)14;1-2/h2-4,9H,1H3;1-2H3. The Bertz CT molecular complexity index is 751. The van der Waals surface area contributed by atoms with Gasteiger partial charge in [0.15, 0.2) is 5.01 Å². The molecule has 0 saturated carbocycles. The van der Waals surface area contributed by atoms with Crippen LogP contribution in [0.2, 0.25) is 0 Å². The first kappa shape index (κ1) is 15.4. The normalized spacial score (nSPS) is 10.8. The zero-order valence-corrected chi connectivity index (χ0v) is 12.5. The van der Waals surface area contributed by atoms with E-state index in [1.807, 2.05) is 13.8 Å². The van der Waals surface area contributed by atoms with Gasteiger partial charge in [0.2, 0.25) is 5.13 Å². The van der Waals surface area contributed by atoms with Crippen LogP contribution >= 0.6 is 11.3 Å². The number of hydrogen-bond donors (Lipinski definition) is 0. The number of nitrogens with zero attached hydrogens (tertiary/aromatic N) is 4. The predicted octanol–water partition coefficient (Wildman–Crippen LogP) is 4.29. The van der Waals surface area contributed by atoms with Crippen LogP contribution in [0.1, 0.15) is 30.8 Å². The molecule has 8 heteroatoms. The molecule has 0 unspecified atom stereocenters. The lowest BCUT2D eigenvalue weighted by Gasteiger charge is -1.99. The first-order valence-corrected chi connectivity index (χ1v) is 7.13. The molecule has 0 atom stereocenters. The summed E-state index contributed by atoms with van der Waals surface area (Å²) in [4.78, 5) is 0. The summed E-state index contributed by atoms with van der Waals surface area (Å²) in [6, 6.07) is 3.11. The van der Waals surface area contributed by atoms with Crippen molar-refractivity contribution in [2.45, 2.75) is 27.2 Å². The second-order valence-electron chi connectivity index (χ2n) is 3.96. The fraction of sp³-hybridized carbons (Fsp3) is 0.308. The monoisotopic (exact) mass is 314 g/mol. The van der Waals surface area contributed by atoms with Crippen molar-refractivity contribution in [2.75, 3.05) is 0 Å². The van der Waals surface area contributed by atoms with Crippen LogP contribution in [0.5, 0.6) is 0 Å². The van der Waals surface area contributed by atoms with Crippen LogP contribution in [0.25, 0.3) is 16.0 Å². The summed E-state index contributed by atoms with van der Waals surface area (Å²) in [5.41, 5.74) is 1.19. The molecule has 2 heterocycles. The van der Waals surface area contributed by atoms with Gasteiger partial charge in [-0.3, -0.25) is 0 Å². The van der Waals surface area contributed by atoms with Crippen molar-refractivity contribution in [3.63, 3.8) is 0 Å². The lowest BCUT2D eigenvalue weighted by molar-refractivity contribution is 0.150. The van der Waals surface area contributed by atoms with Crippen LogP contribution in [-0.4, -0.2) is 20.0 Å². The molecule has 2 aromatic heterocycles. The molecule has 0 aliphatic carbocycles. The predicted molar refractivity (Wildman–Crippen MR) is 75.5 cm³/mol. The number of rotatable bonds is 2. The van der Waals surface area contributed by atoms with Crippen LogP contribution in [0.4, 0.5) is 13.2 Å². The van der Waals surface area contributed by atoms with Gasteiger partial charge >= 0.3 is 0 Å². The van der Waals surface area contributed by atoms with E-state index in [2.05, 4.69) is 15.3 Å². The van der Waals surface area contributed by atoms with Gasteiger partial charge in [-0.05, 0) is 24.6 Å². The summed E-state index contributed by atoms with van der Waals surface area (Å²) >= 11 is 0.731. The topological polar surface area (TPSA) is 43.6 Å². The Morgan fingerprint density at radius 3 is 2.52 bits per heavy atom. The molecule has 3 rings (SSSR count). The number of aryl methyl sites for hydroxylation is 1. The highest BCUT2D eigenvalue weighted by Crippen LogP contribution is 2.27. The maximum Gasteiger partial charge on any atom is 0.291 e. The van der Waals surface area contributed by atoms with Crippen molar-refractivity contribution < 1.29 is 13.2 Å². The first-order valence-electron chi connectivity index (χ1n) is 6.32. The summed E-state index contributed by atoms with van der Waals surface area (Å²) in [7, 11) is 0. The smallest absolute Gasteiger partial charge is 0.206 e. The molecule has 0 N–H and O–H groups in total. The first-order chi connectivity index (χ1) is 10.1. The largest absolute Gasteiger partial charge is 0.291 e. The number of fused-ring (bicyclic) bond motifs is 1. The molecule has 1 aromatic carbocycles. The van der Waals surface area contributed by atoms with Crippen LogP contribution in [-0.2, 0) is 0 Å². The van der Waals surface area contributed by atoms with E-state index in [1.165, 1.54) is 16.9 Å². The Labute approximate surface area is 123 Å². The number of alkyl halides is 2. The molecule has 0 bridgehead atoms. The van der Waals surface area contributed by atoms with Crippen LogP contribution < -0.4 is 0 Å². The van der Waals surface area contributed by atoms with Gasteiger partial charge in [0.1, 0.15) is 5.82 Å². The van der Waals surface area contributed by atoms with Gasteiger partial charge < -0.3 is 0 Å². The van der Waals surface area contributed by atoms with Gasteiger partial charge in [-0.15, -0.1) is 10.2 Å². The van der Waals surface area contributed by atoms with E-state index in [4.69, 9.17) is 0 Å². The van der Waals surface area contributed by atoms with E-state index in [-0.39, 0.29) is 10.1 Å².